The predicted octanol–water partition coefficient (Wildman–Crippen LogP) is 4.43. The van der Waals surface area contributed by atoms with Gasteiger partial charge in [0.1, 0.15) is 0 Å². The van der Waals surface area contributed by atoms with Crippen LogP contribution < -0.4 is 1.50 Å². The number of benzene rings is 1. The molecule has 0 aliphatic carbocycles. The van der Waals surface area contributed by atoms with Gasteiger partial charge in [0.2, 0.25) is 0 Å². The van der Waals surface area contributed by atoms with Crippen molar-refractivity contribution >= 4 is 0 Å². The van der Waals surface area contributed by atoms with Crippen LogP contribution >= 0.6 is 0 Å². The third-order valence-corrected chi connectivity index (χ3v) is 3.29. The van der Waals surface area contributed by atoms with Crippen LogP contribution in [0.1, 0.15) is 58.2 Å². The topological polar surface area (TPSA) is 9.23 Å². The minimum absolute atomic E-state index is 0.0952. The second-order valence-electron chi connectivity index (χ2n) is 6.75. The van der Waals surface area contributed by atoms with Crippen molar-refractivity contribution in [3.05, 3.63) is 28.8 Å². The van der Waals surface area contributed by atoms with E-state index in [0.717, 1.165) is 5.75 Å². The summed E-state index contributed by atoms with van der Waals surface area (Å²) in [5.41, 5.74) is 4.04. The number of rotatable bonds is 1. The van der Waals surface area contributed by atoms with Gasteiger partial charge in [-0.15, -0.1) is 0 Å². The van der Waals surface area contributed by atoms with Gasteiger partial charge in [0, 0.05) is 0 Å². The normalized spacial score (nSPS) is 12.8. The SMILES string of the molecule is Cc1cc(C(C)(C)C)c([O][Er])c(C(C)(C)C)c1. The fourth-order valence-corrected chi connectivity index (χ4v) is 2.36. The molecule has 0 aromatic heterocycles. The summed E-state index contributed by atoms with van der Waals surface area (Å²) in [6.45, 7) is 15.5. The van der Waals surface area contributed by atoms with Crippen molar-refractivity contribution in [1.29, 1.82) is 0 Å². The first-order valence-corrected chi connectivity index (χ1v) is 6.73. The zero-order chi connectivity index (χ0) is 13.4. The van der Waals surface area contributed by atoms with Crippen molar-refractivity contribution < 1.29 is 37.4 Å². The van der Waals surface area contributed by atoms with Gasteiger partial charge in [-0.3, -0.25) is 0 Å². The van der Waals surface area contributed by atoms with Crippen LogP contribution in [0.4, 0.5) is 0 Å². The van der Waals surface area contributed by atoms with Gasteiger partial charge in [-0.05, 0) is 0 Å². The van der Waals surface area contributed by atoms with Crippen LogP contribution in [0.15, 0.2) is 12.1 Å². The van der Waals surface area contributed by atoms with Crippen LogP contribution in [0, 0.1) is 42.9 Å². The van der Waals surface area contributed by atoms with E-state index in [1.54, 1.807) is 0 Å². The Labute approximate surface area is 130 Å². The average molecular weight is 387 g/mol. The second kappa shape index (κ2) is 5.10. The third-order valence-electron chi connectivity index (χ3n) is 2.91. The summed E-state index contributed by atoms with van der Waals surface area (Å²) >= 11 is 2.39. The fraction of sp³-hybridized carbons (Fsp3) is 0.600. The van der Waals surface area contributed by atoms with Crippen molar-refractivity contribution in [3.63, 3.8) is 0 Å². The first kappa shape index (κ1) is 15.3. The third kappa shape index (κ3) is 3.61. The molecule has 0 aliphatic rings. The van der Waals surface area contributed by atoms with E-state index >= 15 is 0 Å². The number of hydrogen-bond acceptors (Lipinski definition) is 1. The molecule has 2 heteroatoms. The van der Waals surface area contributed by atoms with Crippen molar-refractivity contribution in [1.82, 2.24) is 0 Å². The van der Waals surface area contributed by atoms with E-state index in [-0.39, 0.29) is 10.8 Å². The minimum atomic E-state index is 0.0952. The van der Waals surface area contributed by atoms with Gasteiger partial charge in [0.05, 0.1) is 0 Å². The molecule has 0 saturated heterocycles. The average Bonchev–Trinajstić information content (AvgIpc) is 2.13. The maximum atomic E-state index is 5.60. The molecular weight excluding hydrogens is 363 g/mol. The molecule has 0 atom stereocenters. The Balaban J connectivity index is 3.58. The van der Waals surface area contributed by atoms with Gasteiger partial charge in [-0.2, -0.15) is 0 Å². The second-order valence-corrected chi connectivity index (χ2v) is 7.13. The monoisotopic (exact) mass is 385 g/mol. The molecule has 1 aromatic carbocycles. The first-order chi connectivity index (χ1) is 7.57. The van der Waals surface area contributed by atoms with Gasteiger partial charge in [-0.25, -0.2) is 0 Å². The Morgan fingerprint density at radius 3 is 1.47 bits per heavy atom. The van der Waals surface area contributed by atoms with Crippen molar-refractivity contribution in [2.45, 2.75) is 59.3 Å². The molecule has 0 heterocycles. The van der Waals surface area contributed by atoms with Gasteiger partial charge < -0.3 is 0 Å². The molecule has 0 bridgehead atoms. The van der Waals surface area contributed by atoms with Gasteiger partial charge in [0.15, 0.2) is 0 Å². The molecule has 0 unspecified atom stereocenters. The molecule has 1 nitrogen and oxygen atoms in total. The van der Waals surface area contributed by atoms with Crippen molar-refractivity contribution in [2.75, 3.05) is 0 Å². The predicted molar refractivity (Wildman–Crippen MR) is 69.2 cm³/mol. The van der Waals surface area contributed by atoms with Crippen molar-refractivity contribution in [2.24, 2.45) is 0 Å². The molecule has 1 aromatic rings. The van der Waals surface area contributed by atoms with Crippen LogP contribution in [0.5, 0.6) is 5.75 Å². The van der Waals surface area contributed by atoms with E-state index in [4.69, 9.17) is 1.50 Å². The van der Waals surface area contributed by atoms with Crippen LogP contribution in [-0.2, 0) is 10.8 Å². The molecular formula is C15H23ErO. The van der Waals surface area contributed by atoms with E-state index in [1.807, 2.05) is 0 Å². The Morgan fingerprint density at radius 2 is 1.24 bits per heavy atom. The van der Waals surface area contributed by atoms with E-state index in [2.05, 4.69) is 96.5 Å². The van der Waals surface area contributed by atoms with Crippen LogP contribution in [0.3, 0.4) is 0 Å². The Morgan fingerprint density at radius 1 is 0.882 bits per heavy atom. The Hall–Kier alpha value is 0.267. The quantitative estimate of drug-likeness (QED) is 0.694. The maximum absolute atomic E-state index is 5.60. The van der Waals surface area contributed by atoms with Crippen LogP contribution in [0.25, 0.3) is 0 Å². The summed E-state index contributed by atoms with van der Waals surface area (Å²) in [5, 5.41) is 0. The summed E-state index contributed by atoms with van der Waals surface area (Å²) in [7, 11) is 0. The summed E-state index contributed by atoms with van der Waals surface area (Å²) in [5.74, 6) is 1.01. The van der Waals surface area contributed by atoms with E-state index < -0.39 is 0 Å². The van der Waals surface area contributed by atoms with Gasteiger partial charge in [0.25, 0.3) is 0 Å². The molecule has 0 N–H and O–H groups in total. The molecule has 0 fully saturated rings. The standard InChI is InChI=1S/C15H24O.Er/c1-10-8-11(14(2,3)4)13(16)12(9-10)15(5,6)7;/h8-9,16H,1-7H3;/q;+1/p-1. The Kier molecular flexibility index (Phi) is 4.60. The zero-order valence-corrected chi connectivity index (χ0v) is 13.7. The van der Waals surface area contributed by atoms with Gasteiger partial charge >= 0.3 is 131 Å². The molecule has 101 valence electrons. The van der Waals surface area contributed by atoms with E-state index in [0.29, 0.717) is 0 Å². The van der Waals surface area contributed by atoms with Gasteiger partial charge in [-0.1, -0.05) is 0 Å². The first-order valence-electron chi connectivity index (χ1n) is 5.98. The van der Waals surface area contributed by atoms with Crippen molar-refractivity contribution in [3.8, 4) is 5.75 Å². The fourth-order valence-electron chi connectivity index (χ4n) is 1.95. The summed E-state index contributed by atoms with van der Waals surface area (Å²) < 4.78 is 5.60. The summed E-state index contributed by atoms with van der Waals surface area (Å²) in [6, 6.07) is 4.46. The molecule has 0 aliphatic heterocycles. The van der Waals surface area contributed by atoms with E-state index in [9.17, 15) is 0 Å². The molecule has 17 heavy (non-hydrogen) atoms. The van der Waals surface area contributed by atoms with E-state index in [1.165, 1.54) is 16.7 Å². The van der Waals surface area contributed by atoms with Crippen LogP contribution in [-0.4, -0.2) is 0 Å². The molecule has 0 saturated carbocycles. The zero-order valence-electron chi connectivity index (χ0n) is 11.9. The summed E-state index contributed by atoms with van der Waals surface area (Å²) in [6.07, 6.45) is 0. The number of hydrogen-bond donors (Lipinski definition) is 0. The van der Waals surface area contributed by atoms with Crippen LogP contribution in [0.2, 0.25) is 0 Å². The summed E-state index contributed by atoms with van der Waals surface area (Å²) in [4.78, 5) is 0. The number of aryl methyl sites for hydroxylation is 1. The molecule has 0 spiro atoms. The molecule has 1 rings (SSSR count). The molecule has 0 amide bonds. The molecule has 0 radical (unpaired) electrons. The Bertz CT molecular complexity index is 373.